The van der Waals surface area contributed by atoms with Gasteiger partial charge in [0.1, 0.15) is 13.2 Å². The molecule has 1 atom stereocenters. The minimum absolute atomic E-state index is 0.103. The molecule has 0 aliphatic heterocycles. The Morgan fingerprint density at radius 3 is 1.19 bits per heavy atom. The second-order valence-corrected chi connectivity index (χ2v) is 17.1. The van der Waals surface area contributed by atoms with Gasteiger partial charge in [0.15, 0.2) is 6.10 Å². The summed E-state index contributed by atoms with van der Waals surface area (Å²) >= 11 is 0. The predicted molar refractivity (Wildman–Crippen MR) is 274 cm³/mol. The van der Waals surface area contributed by atoms with Crippen LogP contribution in [0.3, 0.4) is 0 Å². The summed E-state index contributed by atoms with van der Waals surface area (Å²) in [5.74, 6) is -0.980. The molecule has 0 fully saturated rings. The topological polar surface area (TPSA) is 78.9 Å². The minimum atomic E-state index is -0.808. The summed E-state index contributed by atoms with van der Waals surface area (Å²) in [6.07, 6.45) is 68.2. The third-order valence-electron chi connectivity index (χ3n) is 10.9. The summed E-state index contributed by atoms with van der Waals surface area (Å²) in [7, 11) is 0. The number of unbranched alkanes of at least 4 members (excludes halogenated alkanes) is 21. The van der Waals surface area contributed by atoms with Gasteiger partial charge in [-0.2, -0.15) is 0 Å². The number of esters is 3. The van der Waals surface area contributed by atoms with Gasteiger partial charge in [0.2, 0.25) is 0 Å². The number of ether oxygens (including phenoxy) is 3. The van der Waals surface area contributed by atoms with Crippen molar-refractivity contribution in [2.24, 2.45) is 0 Å². The van der Waals surface area contributed by atoms with Crippen molar-refractivity contribution >= 4 is 17.9 Å². The Kier molecular flexibility index (Phi) is 49.0. The summed E-state index contributed by atoms with van der Waals surface area (Å²) in [6.45, 7) is 6.33. The molecule has 0 aromatic rings. The van der Waals surface area contributed by atoms with E-state index < -0.39 is 6.10 Å². The van der Waals surface area contributed by atoms with Crippen molar-refractivity contribution in [3.05, 3.63) is 97.2 Å². The van der Waals surface area contributed by atoms with Gasteiger partial charge in [-0.15, -0.1) is 0 Å². The zero-order chi connectivity index (χ0) is 46.5. The fourth-order valence-corrected chi connectivity index (χ4v) is 6.97. The first-order chi connectivity index (χ1) is 31.5. The Balaban J connectivity index is 4.49. The van der Waals surface area contributed by atoms with Crippen LogP contribution in [0.15, 0.2) is 97.2 Å². The van der Waals surface area contributed by atoms with Crippen LogP contribution in [0.25, 0.3) is 0 Å². The van der Waals surface area contributed by atoms with Crippen molar-refractivity contribution in [1.82, 2.24) is 0 Å². The molecule has 0 rings (SSSR count). The summed E-state index contributed by atoms with van der Waals surface area (Å²) in [5, 5.41) is 0. The van der Waals surface area contributed by atoms with Gasteiger partial charge in [0, 0.05) is 19.3 Å². The summed E-state index contributed by atoms with van der Waals surface area (Å²) in [6, 6.07) is 0. The Labute approximate surface area is 394 Å². The number of carbonyl (C=O) groups is 3. The number of carbonyl (C=O) groups excluding carboxylic acids is 3. The van der Waals surface area contributed by atoms with Crippen LogP contribution < -0.4 is 0 Å². The highest BCUT2D eigenvalue weighted by molar-refractivity contribution is 5.71. The van der Waals surface area contributed by atoms with Gasteiger partial charge in [-0.1, -0.05) is 214 Å². The van der Waals surface area contributed by atoms with Gasteiger partial charge >= 0.3 is 17.9 Å². The van der Waals surface area contributed by atoms with Crippen LogP contribution in [0.5, 0.6) is 0 Å². The lowest BCUT2D eigenvalue weighted by atomic mass is 10.1. The van der Waals surface area contributed by atoms with Crippen molar-refractivity contribution in [3.63, 3.8) is 0 Å². The molecule has 0 aromatic heterocycles. The van der Waals surface area contributed by atoms with E-state index in [9.17, 15) is 14.4 Å². The normalized spacial score (nSPS) is 12.9. The van der Waals surface area contributed by atoms with Crippen LogP contribution in [-0.4, -0.2) is 37.2 Å². The molecule has 0 aromatic carbocycles. The Hall–Kier alpha value is -3.67. The molecule has 0 heterocycles. The molecule has 1 unspecified atom stereocenters. The van der Waals surface area contributed by atoms with Crippen LogP contribution >= 0.6 is 0 Å². The Bertz CT molecular complexity index is 1300. The smallest absolute Gasteiger partial charge is 0.306 e. The monoisotopic (exact) mass is 889 g/mol. The lowest BCUT2D eigenvalue weighted by Crippen LogP contribution is -2.30. The third-order valence-corrected chi connectivity index (χ3v) is 10.9. The first-order valence-electron chi connectivity index (χ1n) is 26.3. The lowest BCUT2D eigenvalue weighted by molar-refractivity contribution is -0.167. The highest BCUT2D eigenvalue weighted by atomic mass is 16.6. The molecule has 0 aliphatic rings. The number of hydrogen-bond donors (Lipinski definition) is 0. The summed E-state index contributed by atoms with van der Waals surface area (Å²) in [4.78, 5) is 38.0. The Morgan fingerprint density at radius 1 is 0.344 bits per heavy atom. The van der Waals surface area contributed by atoms with Crippen molar-refractivity contribution in [2.45, 2.75) is 239 Å². The molecule has 6 nitrogen and oxygen atoms in total. The van der Waals surface area contributed by atoms with E-state index in [-0.39, 0.29) is 37.5 Å². The van der Waals surface area contributed by atoms with E-state index in [0.717, 1.165) is 96.3 Å². The van der Waals surface area contributed by atoms with E-state index in [1.54, 1.807) is 0 Å². The molecular weight excluding hydrogens is 793 g/mol. The third kappa shape index (κ3) is 49.3. The molecule has 0 N–H and O–H groups in total. The fraction of sp³-hybridized carbons (Fsp3) is 0.672. The maximum Gasteiger partial charge on any atom is 0.306 e. The maximum absolute atomic E-state index is 12.8. The van der Waals surface area contributed by atoms with Crippen LogP contribution in [0, 0.1) is 0 Å². The molecule has 0 spiro atoms. The second kappa shape index (κ2) is 52.0. The molecular formula is C58H96O6. The first kappa shape index (κ1) is 60.3. The molecule has 0 radical (unpaired) electrons. The van der Waals surface area contributed by atoms with Crippen LogP contribution in [0.2, 0.25) is 0 Å². The first-order valence-corrected chi connectivity index (χ1v) is 26.3. The van der Waals surface area contributed by atoms with Gasteiger partial charge in [0.25, 0.3) is 0 Å². The molecule has 6 heteroatoms. The van der Waals surface area contributed by atoms with E-state index in [1.807, 2.05) is 0 Å². The van der Waals surface area contributed by atoms with E-state index in [4.69, 9.17) is 14.2 Å². The van der Waals surface area contributed by atoms with E-state index in [0.29, 0.717) is 19.3 Å². The molecule has 0 amide bonds. The van der Waals surface area contributed by atoms with Gasteiger partial charge < -0.3 is 14.2 Å². The van der Waals surface area contributed by atoms with Crippen LogP contribution in [0.1, 0.15) is 233 Å². The molecule has 0 saturated carbocycles. The minimum Gasteiger partial charge on any atom is -0.462 e. The highest BCUT2D eigenvalue weighted by Crippen LogP contribution is 2.14. The van der Waals surface area contributed by atoms with Gasteiger partial charge in [-0.25, -0.2) is 0 Å². The molecule has 64 heavy (non-hydrogen) atoms. The van der Waals surface area contributed by atoms with E-state index in [1.165, 1.54) is 89.9 Å². The fourth-order valence-electron chi connectivity index (χ4n) is 6.97. The van der Waals surface area contributed by atoms with Crippen molar-refractivity contribution in [3.8, 4) is 0 Å². The highest BCUT2D eigenvalue weighted by Gasteiger charge is 2.19. The average molecular weight is 889 g/mol. The summed E-state index contributed by atoms with van der Waals surface area (Å²) < 4.78 is 16.7. The molecule has 0 aliphatic carbocycles. The predicted octanol–water partition coefficient (Wildman–Crippen LogP) is 17.4. The zero-order valence-electron chi connectivity index (χ0n) is 41.5. The number of hydrogen-bond acceptors (Lipinski definition) is 6. The quantitative estimate of drug-likeness (QED) is 0.0199. The van der Waals surface area contributed by atoms with Gasteiger partial charge in [-0.05, 0) is 96.3 Å². The van der Waals surface area contributed by atoms with Crippen molar-refractivity contribution in [1.29, 1.82) is 0 Å². The Morgan fingerprint density at radius 2 is 0.703 bits per heavy atom. The zero-order valence-corrected chi connectivity index (χ0v) is 41.5. The van der Waals surface area contributed by atoms with Crippen molar-refractivity contribution < 1.29 is 28.6 Å². The van der Waals surface area contributed by atoms with E-state index in [2.05, 4.69) is 118 Å². The van der Waals surface area contributed by atoms with Crippen LogP contribution in [-0.2, 0) is 28.6 Å². The standard InChI is InChI=1S/C58H96O6/c1-4-7-10-13-16-19-22-25-28-29-31-33-36-39-42-45-48-51-57(60)63-54-55(53-62-56(59)50-47-44-41-38-35-32-27-24-21-18-15-12-9-6-3)64-58(61)52-49-46-43-40-37-34-30-26-23-20-17-14-11-8-5-2/h8-9,11-12,14,17-18,20-21,23,25,28,31,33,39,42,55H,4-7,10,13,15-16,19,22,24,26-27,29-30,32,34-38,40-41,43-54H2,1-3H3/b11-8-,12-9-,17-14-,21-18-,23-20-,28-25-,33-31-,42-39-. The number of rotatable bonds is 46. The SMILES string of the molecule is CC\C=C/C=C\C=C/CCCCCCCCCC(=O)OC(COC(=O)CCC/C=C\C/C=C\C/C=C\CCCCCCCC)COC(=O)CCCCCCCCC/C=C\C/C=C\CC. The molecule has 364 valence electrons. The van der Waals surface area contributed by atoms with Gasteiger partial charge in [-0.3, -0.25) is 14.4 Å². The van der Waals surface area contributed by atoms with Crippen molar-refractivity contribution in [2.75, 3.05) is 13.2 Å². The van der Waals surface area contributed by atoms with Crippen LogP contribution in [0.4, 0.5) is 0 Å². The molecule has 0 saturated heterocycles. The molecule has 0 bridgehead atoms. The average Bonchev–Trinajstić information content (AvgIpc) is 3.29. The maximum atomic E-state index is 12.8. The number of allylic oxidation sites excluding steroid dienone is 16. The van der Waals surface area contributed by atoms with E-state index >= 15 is 0 Å². The second-order valence-electron chi connectivity index (χ2n) is 17.1. The largest absolute Gasteiger partial charge is 0.462 e. The van der Waals surface area contributed by atoms with Gasteiger partial charge in [0.05, 0.1) is 0 Å². The summed E-state index contributed by atoms with van der Waals surface area (Å²) in [5.41, 5.74) is 0. The lowest BCUT2D eigenvalue weighted by Gasteiger charge is -2.18.